The van der Waals surface area contributed by atoms with Crippen LogP contribution in [0.1, 0.15) is 28.8 Å². The van der Waals surface area contributed by atoms with Crippen molar-refractivity contribution < 1.29 is 33.6 Å². The number of fused-ring (bicyclic) bond motifs is 2. The third kappa shape index (κ3) is 4.13. The van der Waals surface area contributed by atoms with Crippen LogP contribution in [-0.2, 0) is 25.6 Å². The molecule has 1 saturated carbocycles. The highest BCUT2D eigenvalue weighted by molar-refractivity contribution is 5.89. The molecule has 0 bridgehead atoms. The number of hydrogen-bond acceptors (Lipinski definition) is 7. The number of hydrogen-bond donors (Lipinski definition) is 1. The zero-order valence-electron chi connectivity index (χ0n) is 17.3. The van der Waals surface area contributed by atoms with Crippen LogP contribution in [0.2, 0.25) is 0 Å². The summed E-state index contributed by atoms with van der Waals surface area (Å²) < 4.78 is 22.6. The molecule has 1 aliphatic carbocycles. The Labute approximate surface area is 185 Å². The first-order valence-corrected chi connectivity index (χ1v) is 10.8. The van der Waals surface area contributed by atoms with Gasteiger partial charge in [0.05, 0.1) is 18.6 Å². The van der Waals surface area contributed by atoms with Crippen LogP contribution in [0.15, 0.2) is 66.7 Å². The first-order valence-electron chi connectivity index (χ1n) is 10.8. The standard InChI is InChI=1S/C25H24O7/c26-19(25-29-14-16-8-4-5-9-20(16)32-25)11-10-17-18-12-23(27)30-22(18)13-21(17)31-24(28)15-6-2-1-3-7-15/h1-11,17-19,21-22,25-26H,12-14H2/t17-,18-,19-,21-,22+,25+/m1/s1. The fourth-order valence-corrected chi connectivity index (χ4v) is 4.64. The lowest BCUT2D eigenvalue weighted by Crippen LogP contribution is -2.36. The van der Waals surface area contributed by atoms with Gasteiger partial charge >= 0.3 is 11.9 Å². The summed E-state index contributed by atoms with van der Waals surface area (Å²) in [6, 6.07) is 16.3. The first-order chi connectivity index (χ1) is 15.6. The molecule has 2 aromatic rings. The highest BCUT2D eigenvalue weighted by Crippen LogP contribution is 2.44. The minimum absolute atomic E-state index is 0.103. The minimum Gasteiger partial charge on any atom is -0.462 e. The number of aliphatic hydroxyl groups is 1. The Kier molecular flexibility index (Phi) is 5.68. The number of carbonyl (C=O) groups excluding carboxylic acids is 2. The van der Waals surface area contributed by atoms with Crippen molar-refractivity contribution in [1.29, 1.82) is 0 Å². The summed E-state index contributed by atoms with van der Waals surface area (Å²) in [6.07, 6.45) is 1.48. The van der Waals surface area contributed by atoms with Gasteiger partial charge in [-0.2, -0.15) is 0 Å². The summed E-state index contributed by atoms with van der Waals surface area (Å²) in [4.78, 5) is 24.4. The Hall–Kier alpha value is -3.16. The fourth-order valence-electron chi connectivity index (χ4n) is 4.64. The van der Waals surface area contributed by atoms with E-state index in [9.17, 15) is 14.7 Å². The number of ether oxygens (including phenoxy) is 4. The quantitative estimate of drug-likeness (QED) is 0.569. The molecule has 0 unspecified atom stereocenters. The van der Waals surface area contributed by atoms with Gasteiger partial charge in [0.25, 0.3) is 0 Å². The normalized spacial score (nSPS) is 29.7. The van der Waals surface area contributed by atoms with Gasteiger partial charge in [0, 0.05) is 23.8 Å². The molecule has 1 N–H and O–H groups in total. The zero-order valence-corrected chi connectivity index (χ0v) is 17.3. The van der Waals surface area contributed by atoms with E-state index in [-0.39, 0.29) is 30.3 Å². The van der Waals surface area contributed by atoms with Crippen LogP contribution in [0.4, 0.5) is 0 Å². The number of benzene rings is 2. The van der Waals surface area contributed by atoms with Crippen molar-refractivity contribution in [3.05, 3.63) is 77.9 Å². The van der Waals surface area contributed by atoms with Gasteiger partial charge in [-0.15, -0.1) is 0 Å². The van der Waals surface area contributed by atoms with Crippen molar-refractivity contribution >= 4 is 11.9 Å². The summed E-state index contributed by atoms with van der Waals surface area (Å²) in [5, 5.41) is 10.7. The van der Waals surface area contributed by atoms with E-state index >= 15 is 0 Å². The molecule has 0 aromatic heterocycles. The molecule has 7 nitrogen and oxygen atoms in total. The molecule has 2 heterocycles. The molecule has 7 heteroatoms. The first kappa shape index (κ1) is 20.7. The van der Waals surface area contributed by atoms with E-state index in [0.29, 0.717) is 24.3 Å². The highest BCUT2D eigenvalue weighted by atomic mass is 16.7. The molecule has 0 amide bonds. The van der Waals surface area contributed by atoms with Crippen molar-refractivity contribution in [2.24, 2.45) is 11.8 Å². The van der Waals surface area contributed by atoms with Gasteiger partial charge in [0.1, 0.15) is 24.1 Å². The van der Waals surface area contributed by atoms with Crippen molar-refractivity contribution in [1.82, 2.24) is 0 Å². The molecule has 3 aliphatic rings. The van der Waals surface area contributed by atoms with Crippen LogP contribution in [0, 0.1) is 11.8 Å². The third-order valence-corrected chi connectivity index (χ3v) is 6.25. The van der Waals surface area contributed by atoms with Crippen LogP contribution < -0.4 is 4.74 Å². The maximum Gasteiger partial charge on any atom is 0.338 e. The number of carbonyl (C=O) groups is 2. The van der Waals surface area contributed by atoms with Gasteiger partial charge < -0.3 is 24.1 Å². The Morgan fingerprint density at radius 3 is 2.72 bits per heavy atom. The Bertz CT molecular complexity index is 1020. The van der Waals surface area contributed by atoms with Crippen molar-refractivity contribution in [3.63, 3.8) is 0 Å². The monoisotopic (exact) mass is 436 g/mol. The number of esters is 2. The molecule has 1 saturated heterocycles. The van der Waals surface area contributed by atoms with E-state index in [0.717, 1.165) is 5.56 Å². The Morgan fingerprint density at radius 2 is 1.88 bits per heavy atom. The number of rotatable bonds is 5. The van der Waals surface area contributed by atoms with E-state index in [2.05, 4.69) is 0 Å². The predicted molar refractivity (Wildman–Crippen MR) is 113 cm³/mol. The lowest BCUT2D eigenvalue weighted by molar-refractivity contribution is -0.152. The van der Waals surface area contributed by atoms with Gasteiger partial charge in [-0.3, -0.25) is 4.79 Å². The lowest BCUT2D eigenvalue weighted by Gasteiger charge is -2.28. The molecule has 0 radical (unpaired) electrons. The minimum atomic E-state index is -1.02. The molecule has 2 aliphatic heterocycles. The van der Waals surface area contributed by atoms with Gasteiger partial charge in [-0.05, 0) is 18.2 Å². The Morgan fingerprint density at radius 1 is 1.09 bits per heavy atom. The largest absolute Gasteiger partial charge is 0.462 e. The van der Waals surface area contributed by atoms with Crippen LogP contribution in [0.5, 0.6) is 5.75 Å². The Balaban J connectivity index is 1.29. The predicted octanol–water partition coefficient (Wildman–Crippen LogP) is 3.02. The second-order valence-electron chi connectivity index (χ2n) is 8.30. The second kappa shape index (κ2) is 8.76. The smallest absolute Gasteiger partial charge is 0.338 e. The molecule has 2 aromatic carbocycles. The molecule has 5 rings (SSSR count). The number of para-hydroxylation sites is 1. The molecular weight excluding hydrogens is 412 g/mol. The van der Waals surface area contributed by atoms with E-state index in [1.807, 2.05) is 30.3 Å². The van der Waals surface area contributed by atoms with Crippen LogP contribution in [-0.4, -0.2) is 41.6 Å². The van der Waals surface area contributed by atoms with E-state index in [4.69, 9.17) is 18.9 Å². The molecule has 0 spiro atoms. The summed E-state index contributed by atoms with van der Waals surface area (Å²) in [5.41, 5.74) is 1.39. The summed E-state index contributed by atoms with van der Waals surface area (Å²) >= 11 is 0. The molecular formula is C25H24O7. The van der Waals surface area contributed by atoms with Crippen LogP contribution in [0.25, 0.3) is 0 Å². The fraction of sp³-hybridized carbons (Fsp3) is 0.360. The van der Waals surface area contributed by atoms with Crippen LogP contribution in [0.3, 0.4) is 0 Å². The van der Waals surface area contributed by atoms with Crippen molar-refractivity contribution in [3.8, 4) is 5.75 Å². The maximum atomic E-state index is 12.6. The maximum absolute atomic E-state index is 12.6. The van der Waals surface area contributed by atoms with E-state index in [1.165, 1.54) is 0 Å². The summed E-state index contributed by atoms with van der Waals surface area (Å²) in [6.45, 7) is 0.347. The van der Waals surface area contributed by atoms with Gasteiger partial charge in [0.2, 0.25) is 6.29 Å². The second-order valence-corrected chi connectivity index (χ2v) is 8.30. The highest BCUT2D eigenvalue weighted by Gasteiger charge is 2.50. The average molecular weight is 436 g/mol. The molecule has 32 heavy (non-hydrogen) atoms. The van der Waals surface area contributed by atoms with E-state index < -0.39 is 24.5 Å². The van der Waals surface area contributed by atoms with Crippen molar-refractivity contribution in [2.45, 2.75) is 44.1 Å². The number of aliphatic hydroxyl groups excluding tert-OH is 1. The van der Waals surface area contributed by atoms with Crippen LogP contribution >= 0.6 is 0 Å². The topological polar surface area (TPSA) is 91.3 Å². The summed E-state index contributed by atoms with van der Waals surface area (Å²) in [7, 11) is 0. The zero-order chi connectivity index (χ0) is 22.1. The van der Waals surface area contributed by atoms with Gasteiger partial charge in [0.15, 0.2) is 0 Å². The molecule has 6 atom stereocenters. The SMILES string of the molecule is O=C1C[C@@H]2[C@@H](C=C[C@@H](O)[C@H]3OCc4ccccc4O3)[C@H](OC(=O)c3ccccc3)C[C@@H]2O1. The van der Waals surface area contributed by atoms with E-state index in [1.54, 1.807) is 36.4 Å². The lowest BCUT2D eigenvalue weighted by atomic mass is 9.91. The molecule has 166 valence electrons. The van der Waals surface area contributed by atoms with Gasteiger partial charge in [-0.1, -0.05) is 48.6 Å². The third-order valence-electron chi connectivity index (χ3n) is 6.25. The summed E-state index contributed by atoms with van der Waals surface area (Å²) in [5.74, 6) is -0.349. The molecule has 2 fully saturated rings. The van der Waals surface area contributed by atoms with Gasteiger partial charge in [-0.25, -0.2) is 4.79 Å². The average Bonchev–Trinajstić information content (AvgIpc) is 3.33. The van der Waals surface area contributed by atoms with Crippen molar-refractivity contribution in [2.75, 3.05) is 0 Å².